The van der Waals surface area contributed by atoms with Crippen LogP contribution in [0.25, 0.3) is 0 Å². The molecule has 0 aliphatic rings. The van der Waals surface area contributed by atoms with Crippen LogP contribution in [0.2, 0.25) is 0 Å². The molecule has 9 nitrogen and oxygen atoms in total. The number of aryl methyl sites for hydroxylation is 1. The van der Waals surface area contributed by atoms with Crippen molar-refractivity contribution in [1.82, 2.24) is 30.5 Å². The number of hydrogen-bond acceptors (Lipinski definition) is 6. The predicted octanol–water partition coefficient (Wildman–Crippen LogP) is 2.21. The average Bonchev–Trinajstić information content (AvgIpc) is 3.16. The molecule has 2 heterocycles. The molecule has 0 aliphatic carbocycles. The van der Waals surface area contributed by atoms with E-state index in [1.807, 2.05) is 44.2 Å². The van der Waals surface area contributed by atoms with Gasteiger partial charge in [0.25, 0.3) is 0 Å². The number of amides is 2. The SMILES string of the molecule is Cc1nc(Cn2nnc(NC(=O)NC(C)c3ccccc3)c2C)no1. The van der Waals surface area contributed by atoms with Crippen molar-refractivity contribution in [2.75, 3.05) is 5.32 Å². The Kier molecular flexibility index (Phi) is 4.73. The molecule has 3 rings (SSSR count). The fourth-order valence-electron chi connectivity index (χ4n) is 2.33. The van der Waals surface area contributed by atoms with Gasteiger partial charge in [0.05, 0.1) is 11.7 Å². The zero-order chi connectivity index (χ0) is 17.8. The van der Waals surface area contributed by atoms with E-state index in [0.29, 0.717) is 29.8 Å². The normalized spacial score (nSPS) is 12.0. The van der Waals surface area contributed by atoms with Gasteiger partial charge in [-0.25, -0.2) is 9.48 Å². The second-order valence-electron chi connectivity index (χ2n) is 5.64. The molecular weight excluding hydrogens is 322 g/mol. The van der Waals surface area contributed by atoms with Gasteiger partial charge in [0.15, 0.2) is 11.6 Å². The largest absolute Gasteiger partial charge is 0.340 e. The number of nitrogens with one attached hydrogen (secondary N) is 2. The van der Waals surface area contributed by atoms with Crippen LogP contribution in [0, 0.1) is 13.8 Å². The molecule has 1 aromatic carbocycles. The number of hydrogen-bond donors (Lipinski definition) is 2. The minimum atomic E-state index is -0.345. The Balaban J connectivity index is 1.62. The Morgan fingerprint density at radius 1 is 1.28 bits per heavy atom. The minimum Gasteiger partial charge on any atom is -0.340 e. The molecule has 1 unspecified atom stereocenters. The van der Waals surface area contributed by atoms with E-state index < -0.39 is 0 Å². The molecule has 0 saturated carbocycles. The van der Waals surface area contributed by atoms with E-state index in [1.165, 1.54) is 0 Å². The van der Waals surface area contributed by atoms with Gasteiger partial charge in [0.1, 0.15) is 6.54 Å². The van der Waals surface area contributed by atoms with E-state index in [2.05, 4.69) is 31.1 Å². The molecule has 9 heteroatoms. The molecule has 0 saturated heterocycles. The lowest BCUT2D eigenvalue weighted by atomic mass is 10.1. The quantitative estimate of drug-likeness (QED) is 0.736. The van der Waals surface area contributed by atoms with Crippen LogP contribution in [0.4, 0.5) is 10.6 Å². The van der Waals surface area contributed by atoms with Gasteiger partial charge in [-0.1, -0.05) is 40.7 Å². The summed E-state index contributed by atoms with van der Waals surface area (Å²) in [6.07, 6.45) is 0. The van der Waals surface area contributed by atoms with Gasteiger partial charge in [-0.15, -0.1) is 5.10 Å². The van der Waals surface area contributed by atoms with Gasteiger partial charge in [-0.2, -0.15) is 4.98 Å². The summed E-state index contributed by atoms with van der Waals surface area (Å²) in [4.78, 5) is 16.3. The van der Waals surface area contributed by atoms with Crippen molar-refractivity contribution in [1.29, 1.82) is 0 Å². The third-order valence-corrected chi connectivity index (χ3v) is 3.72. The van der Waals surface area contributed by atoms with Gasteiger partial charge in [0.2, 0.25) is 5.89 Å². The lowest BCUT2D eigenvalue weighted by Gasteiger charge is -2.14. The fourth-order valence-corrected chi connectivity index (χ4v) is 2.33. The number of rotatable bonds is 5. The van der Waals surface area contributed by atoms with Gasteiger partial charge < -0.3 is 9.84 Å². The number of benzene rings is 1. The van der Waals surface area contributed by atoms with E-state index in [0.717, 1.165) is 5.56 Å². The van der Waals surface area contributed by atoms with Gasteiger partial charge in [0, 0.05) is 6.92 Å². The third-order valence-electron chi connectivity index (χ3n) is 3.72. The maximum atomic E-state index is 12.2. The van der Waals surface area contributed by atoms with Crippen LogP contribution in [0.15, 0.2) is 34.9 Å². The summed E-state index contributed by atoms with van der Waals surface area (Å²) in [5.74, 6) is 1.37. The smallest absolute Gasteiger partial charge is 0.320 e. The molecule has 3 aromatic rings. The monoisotopic (exact) mass is 341 g/mol. The highest BCUT2D eigenvalue weighted by molar-refractivity contribution is 5.88. The summed E-state index contributed by atoms with van der Waals surface area (Å²) in [7, 11) is 0. The molecule has 0 bridgehead atoms. The Morgan fingerprint density at radius 2 is 2.04 bits per heavy atom. The first-order valence-electron chi connectivity index (χ1n) is 7.84. The first-order valence-corrected chi connectivity index (χ1v) is 7.84. The van der Waals surface area contributed by atoms with E-state index >= 15 is 0 Å². The summed E-state index contributed by atoms with van der Waals surface area (Å²) in [5, 5.41) is 17.4. The van der Waals surface area contributed by atoms with Crippen molar-refractivity contribution in [2.24, 2.45) is 0 Å². The highest BCUT2D eigenvalue weighted by Gasteiger charge is 2.15. The summed E-state index contributed by atoms with van der Waals surface area (Å²) in [6, 6.07) is 9.24. The molecule has 2 N–H and O–H groups in total. The Hall–Kier alpha value is -3.23. The summed E-state index contributed by atoms with van der Waals surface area (Å²) >= 11 is 0. The van der Waals surface area contributed by atoms with Crippen LogP contribution < -0.4 is 10.6 Å². The molecule has 130 valence electrons. The zero-order valence-corrected chi connectivity index (χ0v) is 14.2. The Morgan fingerprint density at radius 3 is 2.72 bits per heavy atom. The predicted molar refractivity (Wildman–Crippen MR) is 89.9 cm³/mol. The average molecular weight is 341 g/mol. The lowest BCUT2D eigenvalue weighted by Crippen LogP contribution is -2.31. The number of carbonyl (C=O) groups excluding carboxylic acids is 1. The number of aromatic nitrogens is 5. The first-order chi connectivity index (χ1) is 12.0. The van der Waals surface area contributed by atoms with Crippen molar-refractivity contribution in [3.63, 3.8) is 0 Å². The van der Waals surface area contributed by atoms with Crippen LogP contribution in [0.3, 0.4) is 0 Å². The molecule has 0 aliphatic heterocycles. The van der Waals surface area contributed by atoms with E-state index in [-0.39, 0.29) is 12.1 Å². The van der Waals surface area contributed by atoms with Crippen LogP contribution >= 0.6 is 0 Å². The highest BCUT2D eigenvalue weighted by Crippen LogP contribution is 2.14. The highest BCUT2D eigenvalue weighted by atomic mass is 16.5. The topological polar surface area (TPSA) is 111 Å². The standard InChI is InChI=1S/C16H19N7O2/c1-10(13-7-5-4-6-8-13)17-16(24)19-15-11(2)23(22-20-15)9-14-18-12(3)25-21-14/h4-8,10H,9H2,1-3H3,(H2,17,19,24). The molecule has 0 spiro atoms. The van der Waals surface area contributed by atoms with Crippen LogP contribution in [-0.4, -0.2) is 31.2 Å². The van der Waals surface area contributed by atoms with Crippen LogP contribution in [0.1, 0.15) is 35.9 Å². The summed E-state index contributed by atoms with van der Waals surface area (Å²) in [6.45, 7) is 5.76. The fraction of sp³-hybridized carbons (Fsp3) is 0.312. The molecule has 0 fully saturated rings. The van der Waals surface area contributed by atoms with Crippen molar-refractivity contribution >= 4 is 11.8 Å². The first kappa shape index (κ1) is 16.6. The maximum Gasteiger partial charge on any atom is 0.320 e. The van der Waals surface area contributed by atoms with Crippen molar-refractivity contribution in [3.8, 4) is 0 Å². The Bertz CT molecular complexity index is 857. The van der Waals surface area contributed by atoms with Crippen molar-refractivity contribution in [2.45, 2.75) is 33.4 Å². The van der Waals surface area contributed by atoms with E-state index in [9.17, 15) is 4.79 Å². The second kappa shape index (κ2) is 7.12. The van der Waals surface area contributed by atoms with Crippen molar-refractivity contribution in [3.05, 3.63) is 53.3 Å². The zero-order valence-electron chi connectivity index (χ0n) is 14.2. The molecule has 1 atom stereocenters. The third kappa shape index (κ3) is 4.00. The summed E-state index contributed by atoms with van der Waals surface area (Å²) in [5.41, 5.74) is 1.72. The lowest BCUT2D eigenvalue weighted by molar-refractivity contribution is 0.249. The summed E-state index contributed by atoms with van der Waals surface area (Å²) < 4.78 is 6.53. The van der Waals surface area contributed by atoms with Gasteiger partial charge in [-0.05, 0) is 19.4 Å². The second-order valence-corrected chi connectivity index (χ2v) is 5.64. The van der Waals surface area contributed by atoms with E-state index in [1.54, 1.807) is 11.6 Å². The minimum absolute atomic E-state index is 0.126. The van der Waals surface area contributed by atoms with E-state index in [4.69, 9.17) is 4.52 Å². The maximum absolute atomic E-state index is 12.2. The number of nitrogens with zero attached hydrogens (tertiary/aromatic N) is 5. The van der Waals surface area contributed by atoms with Crippen LogP contribution in [-0.2, 0) is 6.54 Å². The molecular formula is C16H19N7O2. The number of carbonyl (C=O) groups is 1. The molecule has 2 amide bonds. The molecule has 0 radical (unpaired) electrons. The van der Waals surface area contributed by atoms with Gasteiger partial charge >= 0.3 is 6.03 Å². The van der Waals surface area contributed by atoms with Crippen molar-refractivity contribution < 1.29 is 9.32 Å². The van der Waals surface area contributed by atoms with Crippen LogP contribution in [0.5, 0.6) is 0 Å². The molecule has 25 heavy (non-hydrogen) atoms. The Labute approximate surface area is 144 Å². The molecule has 2 aromatic heterocycles. The van der Waals surface area contributed by atoms with Gasteiger partial charge in [-0.3, -0.25) is 5.32 Å². The number of anilines is 1. The number of urea groups is 1.